The minimum absolute atomic E-state index is 0.106. The molecule has 6 heteroatoms. The number of fused-ring (bicyclic) bond motifs is 1. The minimum atomic E-state index is -0.106. The van der Waals surface area contributed by atoms with Crippen LogP contribution in [0.2, 0.25) is 5.02 Å². The van der Waals surface area contributed by atoms with E-state index < -0.39 is 0 Å². The molecule has 0 amide bonds. The number of ketones is 1. The van der Waals surface area contributed by atoms with Crippen molar-refractivity contribution >= 4 is 38.9 Å². The molecule has 0 aliphatic heterocycles. The SMILES string of the molecule is CNCCCC(=O)C(C)c1ccc(Oc2nc3ccc(Cl)cc3s2)cc1. The highest BCUT2D eigenvalue weighted by atomic mass is 35.5. The topological polar surface area (TPSA) is 51.2 Å². The zero-order chi connectivity index (χ0) is 18.5. The average Bonchev–Trinajstić information content (AvgIpc) is 3.03. The quantitative estimate of drug-likeness (QED) is 0.524. The molecule has 26 heavy (non-hydrogen) atoms. The maximum absolute atomic E-state index is 12.2. The third-order valence-electron chi connectivity index (χ3n) is 4.25. The van der Waals surface area contributed by atoms with Crippen molar-refractivity contribution in [2.24, 2.45) is 0 Å². The number of carbonyl (C=O) groups excluding carboxylic acids is 1. The molecule has 3 aromatic rings. The van der Waals surface area contributed by atoms with Crippen LogP contribution in [0.1, 0.15) is 31.2 Å². The van der Waals surface area contributed by atoms with Crippen LogP contribution < -0.4 is 10.1 Å². The van der Waals surface area contributed by atoms with Crippen molar-refractivity contribution in [3.05, 3.63) is 53.1 Å². The summed E-state index contributed by atoms with van der Waals surface area (Å²) in [6.07, 6.45) is 1.46. The van der Waals surface area contributed by atoms with Crippen LogP contribution in [0, 0.1) is 0 Å². The van der Waals surface area contributed by atoms with E-state index in [0.29, 0.717) is 22.4 Å². The Balaban J connectivity index is 1.65. The van der Waals surface area contributed by atoms with Crippen molar-refractivity contribution in [3.63, 3.8) is 0 Å². The summed E-state index contributed by atoms with van der Waals surface area (Å²) in [6, 6.07) is 13.2. The third-order valence-corrected chi connectivity index (χ3v) is 5.38. The number of hydrogen-bond acceptors (Lipinski definition) is 5. The number of nitrogens with zero attached hydrogens (tertiary/aromatic N) is 1. The second-order valence-corrected chi connectivity index (χ2v) is 7.59. The summed E-state index contributed by atoms with van der Waals surface area (Å²) in [5, 5.41) is 4.32. The van der Waals surface area contributed by atoms with Crippen molar-refractivity contribution in [1.29, 1.82) is 0 Å². The van der Waals surface area contributed by atoms with Crippen molar-refractivity contribution in [2.75, 3.05) is 13.6 Å². The fraction of sp³-hybridized carbons (Fsp3) is 0.300. The molecule has 0 saturated carbocycles. The predicted octanol–water partition coefficient (Wildman–Crippen LogP) is 5.41. The molecule has 1 unspecified atom stereocenters. The molecule has 1 heterocycles. The summed E-state index contributed by atoms with van der Waals surface area (Å²) < 4.78 is 6.84. The number of Topliss-reactive ketones (excluding diaryl/α,β-unsaturated/α-hetero) is 1. The third kappa shape index (κ3) is 4.61. The van der Waals surface area contributed by atoms with E-state index in [1.165, 1.54) is 11.3 Å². The molecule has 4 nitrogen and oxygen atoms in total. The molecular formula is C20H21ClN2O2S. The molecule has 1 atom stereocenters. The van der Waals surface area contributed by atoms with E-state index >= 15 is 0 Å². The van der Waals surface area contributed by atoms with Gasteiger partial charge in [-0.05, 0) is 55.9 Å². The Bertz CT molecular complexity index is 892. The van der Waals surface area contributed by atoms with Gasteiger partial charge in [-0.3, -0.25) is 4.79 Å². The van der Waals surface area contributed by atoms with Crippen LogP contribution in [-0.4, -0.2) is 24.4 Å². The van der Waals surface area contributed by atoms with Crippen LogP contribution >= 0.6 is 22.9 Å². The van der Waals surface area contributed by atoms with Gasteiger partial charge in [-0.25, -0.2) is 4.98 Å². The van der Waals surface area contributed by atoms with Crippen LogP contribution in [0.5, 0.6) is 10.9 Å². The first-order chi connectivity index (χ1) is 12.6. The van der Waals surface area contributed by atoms with Crippen LogP contribution in [-0.2, 0) is 4.79 Å². The smallest absolute Gasteiger partial charge is 0.279 e. The Hall–Kier alpha value is -1.95. The van der Waals surface area contributed by atoms with E-state index in [4.69, 9.17) is 16.3 Å². The Kier molecular flexibility index (Phi) is 6.25. The summed E-state index contributed by atoms with van der Waals surface area (Å²) in [5.74, 6) is 0.858. The summed E-state index contributed by atoms with van der Waals surface area (Å²) in [5.41, 5.74) is 1.87. The monoisotopic (exact) mass is 388 g/mol. The molecule has 2 aromatic carbocycles. The highest BCUT2D eigenvalue weighted by Gasteiger charge is 2.15. The fourth-order valence-electron chi connectivity index (χ4n) is 2.69. The average molecular weight is 389 g/mol. The Morgan fingerprint density at radius 2 is 2.04 bits per heavy atom. The molecule has 1 N–H and O–H groups in total. The van der Waals surface area contributed by atoms with E-state index in [1.54, 1.807) is 0 Å². The molecule has 0 bridgehead atoms. The number of ether oxygens (including phenoxy) is 1. The van der Waals surface area contributed by atoms with Crippen LogP contribution in [0.3, 0.4) is 0 Å². The molecular weight excluding hydrogens is 368 g/mol. The zero-order valence-corrected chi connectivity index (χ0v) is 16.4. The van der Waals surface area contributed by atoms with Gasteiger partial charge in [0.15, 0.2) is 0 Å². The van der Waals surface area contributed by atoms with E-state index in [9.17, 15) is 4.79 Å². The summed E-state index contributed by atoms with van der Waals surface area (Å²) in [6.45, 7) is 2.81. The van der Waals surface area contributed by atoms with Crippen LogP contribution in [0.25, 0.3) is 10.2 Å². The lowest BCUT2D eigenvalue weighted by molar-refractivity contribution is -0.120. The number of thiazole rings is 1. The molecule has 3 rings (SSSR count). The molecule has 0 aliphatic carbocycles. The van der Waals surface area contributed by atoms with Crippen molar-refractivity contribution in [1.82, 2.24) is 10.3 Å². The number of aromatic nitrogens is 1. The molecule has 0 spiro atoms. The number of halogens is 1. The van der Waals surface area contributed by atoms with E-state index in [2.05, 4.69) is 10.3 Å². The van der Waals surface area contributed by atoms with Gasteiger partial charge >= 0.3 is 0 Å². The van der Waals surface area contributed by atoms with E-state index in [1.807, 2.05) is 56.4 Å². The number of nitrogens with one attached hydrogen (secondary N) is 1. The second-order valence-electron chi connectivity index (χ2n) is 6.16. The maximum atomic E-state index is 12.2. The lowest BCUT2D eigenvalue weighted by Gasteiger charge is -2.11. The van der Waals surface area contributed by atoms with Gasteiger partial charge in [-0.2, -0.15) is 0 Å². The molecule has 0 fully saturated rings. The predicted molar refractivity (Wildman–Crippen MR) is 108 cm³/mol. The van der Waals surface area contributed by atoms with Crippen molar-refractivity contribution in [2.45, 2.75) is 25.7 Å². The van der Waals surface area contributed by atoms with Gasteiger partial charge in [-0.15, -0.1) is 0 Å². The van der Waals surface area contributed by atoms with E-state index in [-0.39, 0.29) is 11.7 Å². The molecule has 0 radical (unpaired) electrons. The van der Waals surface area contributed by atoms with Gasteiger partial charge in [0.1, 0.15) is 11.5 Å². The first kappa shape index (κ1) is 18.8. The number of carbonyl (C=O) groups is 1. The summed E-state index contributed by atoms with van der Waals surface area (Å²) in [4.78, 5) is 16.7. The maximum Gasteiger partial charge on any atom is 0.279 e. The van der Waals surface area contributed by atoms with E-state index in [0.717, 1.165) is 28.7 Å². The first-order valence-electron chi connectivity index (χ1n) is 8.58. The fourth-order valence-corrected chi connectivity index (χ4v) is 3.80. The number of rotatable bonds is 8. The van der Waals surface area contributed by atoms with Gasteiger partial charge in [0.05, 0.1) is 10.2 Å². The van der Waals surface area contributed by atoms with Crippen LogP contribution in [0.4, 0.5) is 0 Å². The first-order valence-corrected chi connectivity index (χ1v) is 9.77. The van der Waals surface area contributed by atoms with Gasteiger partial charge in [0.25, 0.3) is 5.19 Å². The summed E-state index contributed by atoms with van der Waals surface area (Å²) >= 11 is 7.46. The van der Waals surface area contributed by atoms with Gasteiger partial charge in [0, 0.05) is 17.4 Å². The second kappa shape index (κ2) is 8.62. The Labute approximate surface area is 162 Å². The zero-order valence-electron chi connectivity index (χ0n) is 14.8. The lowest BCUT2D eigenvalue weighted by atomic mass is 9.94. The number of hydrogen-bond donors (Lipinski definition) is 1. The van der Waals surface area contributed by atoms with Crippen molar-refractivity contribution in [3.8, 4) is 10.9 Å². The number of benzene rings is 2. The molecule has 0 aliphatic rings. The normalized spacial score (nSPS) is 12.3. The molecule has 136 valence electrons. The lowest BCUT2D eigenvalue weighted by Crippen LogP contribution is -2.13. The van der Waals surface area contributed by atoms with Gasteiger partial charge < -0.3 is 10.1 Å². The minimum Gasteiger partial charge on any atom is -0.431 e. The van der Waals surface area contributed by atoms with Gasteiger partial charge in [0.2, 0.25) is 0 Å². The highest BCUT2D eigenvalue weighted by molar-refractivity contribution is 7.20. The molecule has 0 saturated heterocycles. The van der Waals surface area contributed by atoms with Crippen molar-refractivity contribution < 1.29 is 9.53 Å². The van der Waals surface area contributed by atoms with Crippen LogP contribution in [0.15, 0.2) is 42.5 Å². The summed E-state index contributed by atoms with van der Waals surface area (Å²) in [7, 11) is 1.90. The highest BCUT2D eigenvalue weighted by Crippen LogP contribution is 2.33. The standard InChI is InChI=1S/C20H21ClN2O2S/c1-13(18(24)4-3-11-22-2)14-5-8-16(9-6-14)25-20-23-17-10-7-15(21)12-19(17)26-20/h5-10,12-13,22H,3-4,11H2,1-2H3. The molecule has 1 aromatic heterocycles. The largest absolute Gasteiger partial charge is 0.431 e. The van der Waals surface area contributed by atoms with Gasteiger partial charge in [-0.1, -0.05) is 42.0 Å². The Morgan fingerprint density at radius 3 is 2.77 bits per heavy atom. The Morgan fingerprint density at radius 1 is 1.27 bits per heavy atom.